The molecule has 2 aromatic carbocycles. The number of amides is 3. The van der Waals surface area contributed by atoms with Gasteiger partial charge in [-0.2, -0.15) is 0 Å². The van der Waals surface area contributed by atoms with Crippen LogP contribution in [0.25, 0.3) is 0 Å². The first-order chi connectivity index (χ1) is 15.9. The van der Waals surface area contributed by atoms with Crippen LogP contribution in [0.1, 0.15) is 39.1 Å². The number of carbonyl (C=O) groups is 3. The van der Waals surface area contributed by atoms with E-state index in [4.69, 9.17) is 16.3 Å². The van der Waals surface area contributed by atoms with Gasteiger partial charge in [-0.3, -0.25) is 14.4 Å². The molecule has 0 bridgehead atoms. The number of nitrogens with one attached hydrogen (secondary N) is 2. The van der Waals surface area contributed by atoms with Crippen LogP contribution in [0.2, 0.25) is 5.02 Å². The number of likely N-dealkylation sites (tertiary alicyclic amines) is 1. The standard InChI is InChI=1S/C25H30ClN3O4/c1-17-7-9-19(10-8-17)25(32)29-14-11-18(12-15-29)22(24(31)27-13-16-33-2)28-23(30)20-5-3-4-6-21(20)26/h3-10,18,22H,11-16H2,1-2H3,(H,27,31)(H,28,30)/t22-/m0/s1. The van der Waals surface area contributed by atoms with Crippen molar-refractivity contribution in [2.75, 3.05) is 33.4 Å². The number of nitrogens with zero attached hydrogens (tertiary/aromatic N) is 1. The van der Waals surface area contributed by atoms with Gasteiger partial charge < -0.3 is 20.3 Å². The largest absolute Gasteiger partial charge is 0.383 e. The molecule has 0 unspecified atom stereocenters. The molecule has 1 heterocycles. The fraction of sp³-hybridized carbons (Fsp3) is 0.400. The van der Waals surface area contributed by atoms with Crippen molar-refractivity contribution in [3.8, 4) is 0 Å². The van der Waals surface area contributed by atoms with Crippen LogP contribution >= 0.6 is 11.6 Å². The normalized spacial score (nSPS) is 15.1. The molecule has 3 amide bonds. The Balaban J connectivity index is 1.68. The van der Waals surface area contributed by atoms with Gasteiger partial charge in [0, 0.05) is 32.3 Å². The number of benzene rings is 2. The summed E-state index contributed by atoms with van der Waals surface area (Å²) in [7, 11) is 1.56. The summed E-state index contributed by atoms with van der Waals surface area (Å²) in [5, 5.41) is 6.02. The van der Waals surface area contributed by atoms with E-state index in [1.54, 1.807) is 36.3 Å². The van der Waals surface area contributed by atoms with Gasteiger partial charge in [0.1, 0.15) is 6.04 Å². The highest BCUT2D eigenvalue weighted by molar-refractivity contribution is 6.33. The van der Waals surface area contributed by atoms with Gasteiger partial charge in [-0.1, -0.05) is 41.4 Å². The van der Waals surface area contributed by atoms with Crippen molar-refractivity contribution in [2.45, 2.75) is 25.8 Å². The molecule has 1 aliphatic rings. The van der Waals surface area contributed by atoms with Gasteiger partial charge >= 0.3 is 0 Å². The fourth-order valence-corrected chi connectivity index (χ4v) is 4.18. The number of carbonyl (C=O) groups excluding carboxylic acids is 3. The third-order valence-corrected chi connectivity index (χ3v) is 6.22. The molecule has 0 spiro atoms. The summed E-state index contributed by atoms with van der Waals surface area (Å²) in [6, 6.07) is 13.5. The van der Waals surface area contributed by atoms with Gasteiger partial charge in [-0.25, -0.2) is 0 Å². The van der Waals surface area contributed by atoms with Crippen LogP contribution in [-0.2, 0) is 9.53 Å². The number of hydrogen-bond donors (Lipinski definition) is 2. The number of ether oxygens (including phenoxy) is 1. The minimum atomic E-state index is -0.734. The molecule has 2 N–H and O–H groups in total. The zero-order chi connectivity index (χ0) is 23.8. The third-order valence-electron chi connectivity index (χ3n) is 5.89. The van der Waals surface area contributed by atoms with Crippen molar-refractivity contribution < 1.29 is 19.1 Å². The van der Waals surface area contributed by atoms with Gasteiger partial charge in [0.25, 0.3) is 11.8 Å². The zero-order valence-corrected chi connectivity index (χ0v) is 19.7. The van der Waals surface area contributed by atoms with Crippen LogP contribution in [0, 0.1) is 12.8 Å². The molecule has 33 heavy (non-hydrogen) atoms. The van der Waals surface area contributed by atoms with Crippen molar-refractivity contribution >= 4 is 29.3 Å². The maximum atomic E-state index is 12.9. The lowest BCUT2D eigenvalue weighted by Crippen LogP contribution is -2.54. The lowest BCUT2D eigenvalue weighted by atomic mass is 9.88. The Bertz CT molecular complexity index is 972. The molecular weight excluding hydrogens is 442 g/mol. The summed E-state index contributed by atoms with van der Waals surface area (Å²) in [6.45, 7) is 3.73. The molecule has 1 atom stereocenters. The molecule has 7 nitrogen and oxygen atoms in total. The van der Waals surface area contributed by atoms with Gasteiger partial charge in [0.2, 0.25) is 5.91 Å². The first-order valence-corrected chi connectivity index (χ1v) is 11.5. The van der Waals surface area contributed by atoms with E-state index in [0.29, 0.717) is 55.2 Å². The maximum absolute atomic E-state index is 12.9. The Hall–Kier alpha value is -2.90. The number of rotatable bonds is 8. The van der Waals surface area contributed by atoms with Crippen LogP contribution in [-0.4, -0.2) is 62.0 Å². The summed E-state index contributed by atoms with van der Waals surface area (Å²) < 4.78 is 5.01. The lowest BCUT2D eigenvalue weighted by molar-refractivity contribution is -0.124. The van der Waals surface area contributed by atoms with Crippen LogP contribution < -0.4 is 10.6 Å². The predicted molar refractivity (Wildman–Crippen MR) is 127 cm³/mol. The topological polar surface area (TPSA) is 87.7 Å². The lowest BCUT2D eigenvalue weighted by Gasteiger charge is -2.36. The molecule has 2 aromatic rings. The van der Waals surface area contributed by atoms with E-state index in [1.165, 1.54) is 0 Å². The van der Waals surface area contributed by atoms with Crippen LogP contribution in [0.15, 0.2) is 48.5 Å². The highest BCUT2D eigenvalue weighted by atomic mass is 35.5. The van der Waals surface area contributed by atoms with Crippen LogP contribution in [0.3, 0.4) is 0 Å². The Morgan fingerprint density at radius 3 is 2.39 bits per heavy atom. The average Bonchev–Trinajstić information content (AvgIpc) is 2.83. The average molecular weight is 472 g/mol. The number of methoxy groups -OCH3 is 1. The first-order valence-electron chi connectivity index (χ1n) is 11.1. The smallest absolute Gasteiger partial charge is 0.253 e. The van der Waals surface area contributed by atoms with Gasteiger partial charge in [-0.05, 0) is 49.9 Å². The van der Waals surface area contributed by atoms with Crippen molar-refractivity contribution in [2.24, 2.45) is 5.92 Å². The van der Waals surface area contributed by atoms with E-state index in [2.05, 4.69) is 10.6 Å². The fourth-order valence-electron chi connectivity index (χ4n) is 3.96. The highest BCUT2D eigenvalue weighted by Crippen LogP contribution is 2.24. The van der Waals surface area contributed by atoms with Gasteiger partial charge in [0.15, 0.2) is 0 Å². The maximum Gasteiger partial charge on any atom is 0.253 e. The summed E-state index contributed by atoms with van der Waals surface area (Å²) in [5.74, 6) is -0.794. The molecule has 3 rings (SSSR count). The predicted octanol–water partition coefficient (Wildman–Crippen LogP) is 3.06. The van der Waals surface area contributed by atoms with Crippen molar-refractivity contribution in [3.63, 3.8) is 0 Å². The minimum Gasteiger partial charge on any atom is -0.383 e. The monoisotopic (exact) mass is 471 g/mol. The highest BCUT2D eigenvalue weighted by Gasteiger charge is 2.34. The minimum absolute atomic E-state index is 0.0188. The number of hydrogen-bond acceptors (Lipinski definition) is 4. The van der Waals surface area contributed by atoms with Crippen molar-refractivity contribution in [1.29, 1.82) is 0 Å². The summed E-state index contributed by atoms with van der Waals surface area (Å²) in [6.07, 6.45) is 1.20. The SMILES string of the molecule is COCCNC(=O)[C@@H](NC(=O)c1ccccc1Cl)C1CCN(C(=O)c2ccc(C)cc2)CC1. The quantitative estimate of drug-likeness (QED) is 0.579. The molecule has 0 saturated carbocycles. The summed E-state index contributed by atoms with van der Waals surface area (Å²) >= 11 is 6.17. The van der Waals surface area contributed by atoms with E-state index in [0.717, 1.165) is 5.56 Å². The van der Waals surface area contributed by atoms with Crippen molar-refractivity contribution in [3.05, 3.63) is 70.2 Å². The van der Waals surface area contributed by atoms with Crippen LogP contribution in [0.5, 0.6) is 0 Å². The van der Waals surface area contributed by atoms with Gasteiger partial charge in [-0.15, -0.1) is 0 Å². The van der Waals surface area contributed by atoms with Crippen molar-refractivity contribution in [1.82, 2.24) is 15.5 Å². The molecule has 0 radical (unpaired) electrons. The van der Waals surface area contributed by atoms with E-state index in [-0.39, 0.29) is 17.7 Å². The molecule has 1 fully saturated rings. The Labute approximate surface area is 199 Å². The molecule has 0 aromatic heterocycles. The van der Waals surface area contributed by atoms with E-state index < -0.39 is 11.9 Å². The second-order valence-electron chi connectivity index (χ2n) is 8.21. The van der Waals surface area contributed by atoms with Gasteiger partial charge in [0.05, 0.1) is 17.2 Å². The Kier molecular flexibility index (Phi) is 8.86. The molecular formula is C25H30ClN3O4. The second kappa shape index (κ2) is 11.8. The Morgan fingerprint density at radius 2 is 1.76 bits per heavy atom. The molecule has 8 heteroatoms. The first kappa shape index (κ1) is 24.7. The molecule has 176 valence electrons. The number of halogens is 1. The summed E-state index contributed by atoms with van der Waals surface area (Å²) in [4.78, 5) is 40.5. The number of aryl methyl sites for hydroxylation is 1. The molecule has 1 saturated heterocycles. The second-order valence-corrected chi connectivity index (χ2v) is 8.62. The Morgan fingerprint density at radius 1 is 1.09 bits per heavy atom. The number of piperidine rings is 1. The molecule has 0 aliphatic carbocycles. The molecule has 1 aliphatic heterocycles. The third kappa shape index (κ3) is 6.55. The van der Waals surface area contributed by atoms with E-state index in [9.17, 15) is 14.4 Å². The van der Waals surface area contributed by atoms with E-state index in [1.807, 2.05) is 31.2 Å². The summed E-state index contributed by atoms with van der Waals surface area (Å²) in [5.41, 5.74) is 2.07. The van der Waals surface area contributed by atoms with Crippen LogP contribution in [0.4, 0.5) is 0 Å². The van der Waals surface area contributed by atoms with E-state index >= 15 is 0 Å². The zero-order valence-electron chi connectivity index (χ0n) is 19.0.